The predicted molar refractivity (Wildman–Crippen MR) is 155 cm³/mol. The van der Waals surface area contributed by atoms with Crippen LogP contribution in [0.3, 0.4) is 0 Å². The number of rotatable bonds is 10. The summed E-state index contributed by atoms with van der Waals surface area (Å²) >= 11 is 0. The van der Waals surface area contributed by atoms with E-state index in [9.17, 15) is 31.2 Å². The van der Waals surface area contributed by atoms with Gasteiger partial charge in [-0.2, -0.15) is 18.3 Å². The molecule has 3 aliphatic rings. The van der Waals surface area contributed by atoms with Crippen molar-refractivity contribution in [1.29, 1.82) is 0 Å². The molecule has 0 bridgehead atoms. The second kappa shape index (κ2) is 12.5. The van der Waals surface area contributed by atoms with Gasteiger partial charge in [-0.3, -0.25) is 14.3 Å². The maximum Gasteiger partial charge on any atom is 0.389 e. The molecule has 2 aromatic rings. The Labute approximate surface area is 249 Å². The SMILES string of the molecule is CS(=O)(=O)CC(=O)Nc1nn(CCC2CCCCC2)c2c1C(=O)N[C@@]1(CCCc3cc(OCCCC(F)(F)F)ccc31)C2. The lowest BCUT2D eigenvalue weighted by Gasteiger charge is -2.42. The zero-order valence-corrected chi connectivity index (χ0v) is 25.2. The Bertz CT molecular complexity index is 1470. The Kier molecular flexibility index (Phi) is 9.10. The molecule has 1 fully saturated rings. The summed E-state index contributed by atoms with van der Waals surface area (Å²) in [5, 5.41) is 10.4. The van der Waals surface area contributed by atoms with Crippen molar-refractivity contribution in [2.24, 2.45) is 5.92 Å². The van der Waals surface area contributed by atoms with Crippen LogP contribution in [-0.2, 0) is 39.6 Å². The van der Waals surface area contributed by atoms with Gasteiger partial charge in [-0.1, -0.05) is 38.2 Å². The molecule has 13 heteroatoms. The van der Waals surface area contributed by atoms with Gasteiger partial charge < -0.3 is 15.4 Å². The smallest absolute Gasteiger partial charge is 0.389 e. The first-order chi connectivity index (χ1) is 20.3. The maximum absolute atomic E-state index is 13.7. The van der Waals surface area contributed by atoms with Gasteiger partial charge in [0.25, 0.3) is 5.91 Å². The molecule has 2 amide bonds. The lowest BCUT2D eigenvalue weighted by atomic mass is 9.71. The fourth-order valence-electron chi connectivity index (χ4n) is 6.81. The van der Waals surface area contributed by atoms with Crippen LogP contribution in [0.5, 0.6) is 5.75 Å². The Morgan fingerprint density at radius 2 is 1.98 bits per heavy atom. The average Bonchev–Trinajstić information content (AvgIpc) is 3.25. The Morgan fingerprint density at radius 1 is 1.21 bits per heavy atom. The van der Waals surface area contributed by atoms with Gasteiger partial charge in [0.1, 0.15) is 17.1 Å². The number of aromatic nitrogens is 2. The van der Waals surface area contributed by atoms with Crippen LogP contribution in [0.2, 0.25) is 0 Å². The predicted octanol–water partition coefficient (Wildman–Crippen LogP) is 5.08. The van der Waals surface area contributed by atoms with Crippen LogP contribution in [0, 0.1) is 5.92 Å². The van der Waals surface area contributed by atoms with Gasteiger partial charge in [0, 0.05) is 25.6 Å². The standard InChI is InChI=1S/C30H39F3N4O5S/c1-43(40,41)19-25(38)34-27-26-24(37(36-27)15-12-20-7-3-2-4-8-20)18-29(35-28(26)39)13-5-9-21-17-22(10-11-23(21)29)42-16-6-14-30(31,32)33/h10-11,17,20H,2-9,12-16,18-19H2,1H3,(H,35,39)(H,34,36,38)/t29-/m0/s1. The summed E-state index contributed by atoms with van der Waals surface area (Å²) in [5.41, 5.74) is 2.15. The van der Waals surface area contributed by atoms with Crippen molar-refractivity contribution in [3.8, 4) is 5.75 Å². The highest BCUT2D eigenvalue weighted by molar-refractivity contribution is 7.91. The Morgan fingerprint density at radius 3 is 2.70 bits per heavy atom. The first kappa shape index (κ1) is 31.3. The highest BCUT2D eigenvalue weighted by Crippen LogP contribution is 2.43. The summed E-state index contributed by atoms with van der Waals surface area (Å²) in [4.78, 5) is 26.3. The number of nitrogens with one attached hydrogen (secondary N) is 2. The third kappa shape index (κ3) is 7.71. The fourth-order valence-corrected chi connectivity index (χ4v) is 7.36. The molecule has 2 N–H and O–H groups in total. The minimum Gasteiger partial charge on any atom is -0.494 e. The number of aryl methyl sites for hydroxylation is 2. The van der Waals surface area contributed by atoms with Crippen LogP contribution in [0.1, 0.15) is 91.4 Å². The molecule has 1 aromatic carbocycles. The number of hydrogen-bond donors (Lipinski definition) is 2. The van der Waals surface area contributed by atoms with E-state index in [1.54, 1.807) is 6.07 Å². The molecule has 0 radical (unpaired) electrons. The van der Waals surface area contributed by atoms with E-state index in [0.717, 1.165) is 49.5 Å². The first-order valence-electron chi connectivity index (χ1n) is 15.0. The number of alkyl halides is 3. The van der Waals surface area contributed by atoms with Crippen molar-refractivity contribution >= 4 is 27.5 Å². The number of halogens is 3. The van der Waals surface area contributed by atoms with Gasteiger partial charge in [-0.15, -0.1) is 0 Å². The highest BCUT2D eigenvalue weighted by atomic mass is 32.2. The van der Waals surface area contributed by atoms with Crippen molar-refractivity contribution in [2.45, 2.75) is 95.3 Å². The van der Waals surface area contributed by atoms with E-state index in [4.69, 9.17) is 4.74 Å². The normalized spacial score (nSPS) is 20.8. The van der Waals surface area contributed by atoms with Crippen molar-refractivity contribution in [1.82, 2.24) is 15.1 Å². The van der Waals surface area contributed by atoms with Gasteiger partial charge in [-0.25, -0.2) is 8.42 Å². The zero-order valence-electron chi connectivity index (χ0n) is 24.4. The van der Waals surface area contributed by atoms with Gasteiger partial charge in [0.05, 0.1) is 17.8 Å². The number of ether oxygens (including phenoxy) is 1. The summed E-state index contributed by atoms with van der Waals surface area (Å²) < 4.78 is 68.4. The minimum atomic E-state index is -4.22. The van der Waals surface area contributed by atoms with E-state index < -0.39 is 39.6 Å². The molecule has 1 saturated carbocycles. The van der Waals surface area contributed by atoms with E-state index in [1.165, 1.54) is 19.3 Å². The molecule has 1 aliphatic heterocycles. The average molecular weight is 625 g/mol. The van der Waals surface area contributed by atoms with E-state index >= 15 is 0 Å². The van der Waals surface area contributed by atoms with Crippen molar-refractivity contribution in [2.75, 3.05) is 23.9 Å². The molecule has 1 atom stereocenters. The summed E-state index contributed by atoms with van der Waals surface area (Å²) in [7, 11) is -3.58. The first-order valence-corrected chi connectivity index (χ1v) is 17.1. The third-order valence-electron chi connectivity index (χ3n) is 8.75. The van der Waals surface area contributed by atoms with E-state index in [-0.39, 0.29) is 30.3 Å². The molecular formula is C30H39F3N4O5S. The number of sulfone groups is 1. The van der Waals surface area contributed by atoms with Crippen LogP contribution < -0.4 is 15.4 Å². The van der Waals surface area contributed by atoms with Crippen molar-refractivity contribution in [3.63, 3.8) is 0 Å². The summed E-state index contributed by atoms with van der Waals surface area (Å²) in [6.45, 7) is 0.535. The quantitative estimate of drug-likeness (QED) is 0.356. The highest BCUT2D eigenvalue weighted by Gasteiger charge is 2.45. The Balaban J connectivity index is 1.41. The molecule has 43 heavy (non-hydrogen) atoms. The zero-order chi connectivity index (χ0) is 30.8. The number of fused-ring (bicyclic) bond motifs is 3. The Hall–Kier alpha value is -3.09. The number of hydrogen-bond acceptors (Lipinski definition) is 6. The van der Waals surface area contributed by atoms with Crippen LogP contribution in [0.15, 0.2) is 18.2 Å². The van der Waals surface area contributed by atoms with Gasteiger partial charge in [-0.05, 0) is 61.3 Å². The number of amides is 2. The number of carbonyl (C=O) groups excluding carboxylic acids is 2. The second-order valence-corrected chi connectivity index (χ2v) is 14.4. The third-order valence-corrected chi connectivity index (χ3v) is 9.53. The molecule has 0 saturated heterocycles. The van der Waals surface area contributed by atoms with Crippen LogP contribution >= 0.6 is 0 Å². The number of nitrogens with zero attached hydrogens (tertiary/aromatic N) is 2. The molecule has 236 valence electrons. The molecule has 0 unspecified atom stereocenters. The van der Waals surface area contributed by atoms with Crippen molar-refractivity contribution in [3.05, 3.63) is 40.6 Å². The van der Waals surface area contributed by atoms with E-state index in [0.29, 0.717) is 36.7 Å². The number of benzene rings is 1. The second-order valence-electron chi connectivity index (χ2n) is 12.3. The summed E-state index contributed by atoms with van der Waals surface area (Å²) in [5.74, 6) is -0.724. The largest absolute Gasteiger partial charge is 0.494 e. The molecule has 1 spiro atoms. The van der Waals surface area contributed by atoms with Gasteiger partial charge in [0.2, 0.25) is 5.91 Å². The topological polar surface area (TPSA) is 119 Å². The monoisotopic (exact) mass is 624 g/mol. The van der Waals surface area contributed by atoms with E-state index in [2.05, 4.69) is 15.7 Å². The van der Waals surface area contributed by atoms with E-state index in [1.807, 2.05) is 16.8 Å². The molecule has 2 aliphatic carbocycles. The van der Waals surface area contributed by atoms with Crippen LogP contribution in [0.25, 0.3) is 0 Å². The van der Waals surface area contributed by atoms with Crippen molar-refractivity contribution < 1.29 is 35.9 Å². The van der Waals surface area contributed by atoms with Crippen LogP contribution in [-0.4, -0.2) is 54.8 Å². The molecular weight excluding hydrogens is 585 g/mol. The molecule has 2 heterocycles. The summed E-state index contributed by atoms with van der Waals surface area (Å²) in [6, 6.07) is 5.47. The lowest BCUT2D eigenvalue weighted by Crippen LogP contribution is -2.53. The maximum atomic E-state index is 13.7. The number of anilines is 1. The lowest BCUT2D eigenvalue weighted by molar-refractivity contribution is -0.136. The molecule has 5 rings (SSSR count). The van der Waals surface area contributed by atoms with Crippen LogP contribution in [0.4, 0.5) is 19.0 Å². The number of carbonyl (C=O) groups is 2. The fraction of sp³-hybridized carbons (Fsp3) is 0.633. The molecule has 1 aromatic heterocycles. The van der Waals surface area contributed by atoms with Gasteiger partial charge >= 0.3 is 6.18 Å². The summed E-state index contributed by atoms with van der Waals surface area (Å²) in [6.07, 6.45) is 5.21. The minimum absolute atomic E-state index is 0.0441. The molecule has 9 nitrogen and oxygen atoms in total. The van der Waals surface area contributed by atoms with Gasteiger partial charge in [0.15, 0.2) is 15.7 Å².